The maximum atomic E-state index is 12.4. The molecule has 0 heterocycles. The molecule has 0 saturated heterocycles. The van der Waals surface area contributed by atoms with Gasteiger partial charge in [0.2, 0.25) is 0 Å². The Balaban J connectivity index is 1.70. The minimum Gasteiger partial charge on any atom is -0.393 e. The van der Waals surface area contributed by atoms with Crippen LogP contribution in [-0.2, 0) is 9.59 Å². The Hall–Kier alpha value is -0.700. The number of hydrogen-bond donors (Lipinski definition) is 1. The normalized spacial score (nSPS) is 54.6. The number of ketones is 2. The minimum absolute atomic E-state index is 0.100. The fraction of sp³-hybridized carbons (Fsp3) is 0.895. The quantitative estimate of drug-likeness (QED) is 0.748. The van der Waals surface area contributed by atoms with E-state index in [1.54, 1.807) is 0 Å². The number of carbonyl (C=O) groups excluding carboxylic acids is 2. The summed E-state index contributed by atoms with van der Waals surface area (Å²) in [6.07, 6.45) is 6.55. The number of aliphatic hydroxyl groups excluding tert-OH is 1. The second-order valence-corrected chi connectivity index (χ2v) is 8.97. The van der Waals surface area contributed by atoms with Crippen LogP contribution in [0.1, 0.15) is 65.2 Å². The molecule has 0 amide bonds. The molecule has 4 aliphatic rings. The molecule has 122 valence electrons. The third kappa shape index (κ3) is 1.78. The first-order chi connectivity index (χ1) is 10.4. The number of rotatable bonds is 0. The van der Waals surface area contributed by atoms with Gasteiger partial charge < -0.3 is 5.11 Å². The van der Waals surface area contributed by atoms with Crippen LogP contribution in [0.2, 0.25) is 0 Å². The molecule has 0 radical (unpaired) electrons. The van der Waals surface area contributed by atoms with Crippen molar-refractivity contribution in [2.75, 3.05) is 0 Å². The summed E-state index contributed by atoms with van der Waals surface area (Å²) in [5.74, 6) is 2.47. The van der Waals surface area contributed by atoms with Crippen LogP contribution < -0.4 is 0 Å². The molecule has 0 aromatic carbocycles. The van der Waals surface area contributed by atoms with Gasteiger partial charge in [-0.2, -0.15) is 0 Å². The SMILES string of the molecule is CC12CC(O)[C@H]3C(CC[C@H]4CC(=O)CC[C@@]43C)[C@@H]1CCC2=O. The van der Waals surface area contributed by atoms with Crippen LogP contribution in [0.25, 0.3) is 0 Å². The summed E-state index contributed by atoms with van der Waals surface area (Å²) in [7, 11) is 0. The lowest BCUT2D eigenvalue weighted by Crippen LogP contribution is -2.58. The van der Waals surface area contributed by atoms with E-state index >= 15 is 0 Å². The van der Waals surface area contributed by atoms with E-state index in [-0.39, 0.29) is 16.9 Å². The lowest BCUT2D eigenvalue weighted by Gasteiger charge is -2.60. The predicted octanol–water partition coefficient (Wildman–Crippen LogP) is 3.14. The molecule has 4 aliphatic carbocycles. The highest BCUT2D eigenvalue weighted by molar-refractivity contribution is 5.87. The van der Waals surface area contributed by atoms with Crippen molar-refractivity contribution in [1.29, 1.82) is 0 Å². The molecule has 1 N–H and O–H groups in total. The van der Waals surface area contributed by atoms with E-state index in [1.165, 1.54) is 0 Å². The van der Waals surface area contributed by atoms with Gasteiger partial charge in [-0.25, -0.2) is 0 Å². The van der Waals surface area contributed by atoms with Gasteiger partial charge in [-0.1, -0.05) is 13.8 Å². The fourth-order valence-corrected chi connectivity index (χ4v) is 6.94. The average molecular weight is 304 g/mol. The van der Waals surface area contributed by atoms with Crippen molar-refractivity contribution in [2.45, 2.75) is 71.3 Å². The topological polar surface area (TPSA) is 54.4 Å². The Labute approximate surface area is 132 Å². The zero-order valence-corrected chi connectivity index (χ0v) is 13.8. The summed E-state index contributed by atoms with van der Waals surface area (Å²) in [4.78, 5) is 24.3. The third-order valence-corrected chi connectivity index (χ3v) is 8.12. The van der Waals surface area contributed by atoms with Gasteiger partial charge in [0, 0.05) is 24.7 Å². The second-order valence-electron chi connectivity index (χ2n) is 8.97. The first kappa shape index (κ1) is 14.9. The van der Waals surface area contributed by atoms with Crippen molar-refractivity contribution in [3.05, 3.63) is 0 Å². The highest BCUT2D eigenvalue weighted by Gasteiger charge is 2.63. The highest BCUT2D eigenvalue weighted by Crippen LogP contribution is 2.65. The van der Waals surface area contributed by atoms with E-state index in [9.17, 15) is 14.7 Å². The molecule has 3 nitrogen and oxygen atoms in total. The van der Waals surface area contributed by atoms with Crippen molar-refractivity contribution in [2.24, 2.45) is 34.5 Å². The van der Waals surface area contributed by atoms with Crippen LogP contribution in [0.5, 0.6) is 0 Å². The molecule has 22 heavy (non-hydrogen) atoms. The van der Waals surface area contributed by atoms with Crippen molar-refractivity contribution in [1.82, 2.24) is 0 Å². The van der Waals surface area contributed by atoms with Crippen LogP contribution in [0.15, 0.2) is 0 Å². The van der Waals surface area contributed by atoms with E-state index in [0.717, 1.165) is 25.7 Å². The largest absolute Gasteiger partial charge is 0.393 e. The van der Waals surface area contributed by atoms with E-state index < -0.39 is 0 Å². The second kappa shape index (κ2) is 4.66. The zero-order valence-electron chi connectivity index (χ0n) is 13.8. The summed E-state index contributed by atoms with van der Waals surface area (Å²) < 4.78 is 0. The van der Waals surface area contributed by atoms with Crippen molar-refractivity contribution < 1.29 is 14.7 Å². The summed E-state index contributed by atoms with van der Waals surface area (Å²) in [6, 6.07) is 0. The van der Waals surface area contributed by atoms with Crippen LogP contribution in [0, 0.1) is 34.5 Å². The maximum absolute atomic E-state index is 12.4. The molecule has 4 fully saturated rings. The molecule has 7 atom stereocenters. The zero-order chi connectivity index (χ0) is 15.7. The van der Waals surface area contributed by atoms with Gasteiger partial charge in [0.05, 0.1) is 6.10 Å². The first-order valence-electron chi connectivity index (χ1n) is 9.09. The third-order valence-electron chi connectivity index (χ3n) is 8.12. The van der Waals surface area contributed by atoms with Gasteiger partial charge in [0.25, 0.3) is 0 Å². The molecule has 0 aromatic rings. The number of carbonyl (C=O) groups is 2. The van der Waals surface area contributed by atoms with Gasteiger partial charge >= 0.3 is 0 Å². The lowest BCUT2D eigenvalue weighted by molar-refractivity contribution is -0.171. The molecular formula is C19H28O3. The molecule has 0 bridgehead atoms. The lowest BCUT2D eigenvalue weighted by atomic mass is 9.44. The van der Waals surface area contributed by atoms with Crippen molar-refractivity contribution >= 4 is 11.6 Å². The molecular weight excluding hydrogens is 276 g/mol. The average Bonchev–Trinajstić information content (AvgIpc) is 2.75. The Morgan fingerprint density at radius 2 is 1.86 bits per heavy atom. The smallest absolute Gasteiger partial charge is 0.139 e. The van der Waals surface area contributed by atoms with Gasteiger partial charge in [-0.15, -0.1) is 0 Å². The summed E-state index contributed by atoms with van der Waals surface area (Å²) in [6.45, 7) is 4.43. The predicted molar refractivity (Wildman–Crippen MR) is 83.1 cm³/mol. The molecule has 3 unspecified atom stereocenters. The summed E-state index contributed by atoms with van der Waals surface area (Å²) in [5, 5.41) is 11.0. The summed E-state index contributed by atoms with van der Waals surface area (Å²) in [5.41, 5.74) is -0.183. The molecule has 3 heteroatoms. The van der Waals surface area contributed by atoms with Crippen LogP contribution in [0.3, 0.4) is 0 Å². The monoisotopic (exact) mass is 304 g/mol. The Kier molecular flexibility index (Phi) is 3.15. The van der Waals surface area contributed by atoms with E-state index in [2.05, 4.69) is 13.8 Å². The van der Waals surface area contributed by atoms with E-state index in [1.807, 2.05) is 0 Å². The van der Waals surface area contributed by atoms with Gasteiger partial charge in [0.1, 0.15) is 11.6 Å². The van der Waals surface area contributed by atoms with Gasteiger partial charge in [-0.3, -0.25) is 9.59 Å². The summed E-state index contributed by atoms with van der Waals surface area (Å²) >= 11 is 0. The maximum Gasteiger partial charge on any atom is 0.139 e. The van der Waals surface area contributed by atoms with Crippen molar-refractivity contribution in [3.63, 3.8) is 0 Å². The standard InChI is InChI=1S/C19H28O3/c1-18-8-7-12(20)9-11(18)3-4-13-14-5-6-16(22)19(14,2)10-15(21)17(13)18/h11,13-15,17,21H,3-10H2,1-2H3/t11-,13?,14-,15?,17+,18-,19?/m0/s1. The molecule has 4 rings (SSSR count). The number of fused-ring (bicyclic) bond motifs is 5. The Bertz CT molecular complexity index is 527. The van der Waals surface area contributed by atoms with Gasteiger partial charge in [-0.05, 0) is 61.2 Å². The van der Waals surface area contributed by atoms with E-state index in [4.69, 9.17) is 0 Å². The van der Waals surface area contributed by atoms with Gasteiger partial charge in [0.15, 0.2) is 0 Å². The number of hydrogen-bond acceptors (Lipinski definition) is 3. The first-order valence-corrected chi connectivity index (χ1v) is 9.09. The number of Topliss-reactive ketones (excluding diaryl/α,β-unsaturated/α-hetero) is 2. The van der Waals surface area contributed by atoms with Crippen LogP contribution in [0.4, 0.5) is 0 Å². The van der Waals surface area contributed by atoms with Crippen LogP contribution >= 0.6 is 0 Å². The molecule has 4 saturated carbocycles. The fourth-order valence-electron chi connectivity index (χ4n) is 6.94. The van der Waals surface area contributed by atoms with Crippen LogP contribution in [-0.4, -0.2) is 22.8 Å². The highest BCUT2D eigenvalue weighted by atomic mass is 16.3. The molecule has 0 aliphatic heterocycles. The van der Waals surface area contributed by atoms with E-state index in [0.29, 0.717) is 60.9 Å². The Morgan fingerprint density at radius 3 is 2.64 bits per heavy atom. The number of aliphatic hydroxyl groups is 1. The minimum atomic E-state index is -0.366. The Morgan fingerprint density at radius 1 is 1.09 bits per heavy atom. The molecule has 0 spiro atoms. The molecule has 0 aromatic heterocycles. The van der Waals surface area contributed by atoms with Crippen molar-refractivity contribution in [3.8, 4) is 0 Å².